The first-order chi connectivity index (χ1) is 4.72. The SMILES string of the molecule is CC1SCCNC(=O)C1C. The molecule has 2 unspecified atom stereocenters. The third kappa shape index (κ3) is 1.66. The van der Waals surface area contributed by atoms with Crippen LogP contribution in [0.1, 0.15) is 13.8 Å². The zero-order chi connectivity index (χ0) is 7.56. The number of thioether (sulfide) groups is 1. The molecule has 0 aromatic heterocycles. The van der Waals surface area contributed by atoms with E-state index in [1.54, 1.807) is 0 Å². The monoisotopic (exact) mass is 159 g/mol. The molecule has 1 saturated heterocycles. The first kappa shape index (κ1) is 7.92. The second-order valence-electron chi connectivity index (χ2n) is 2.66. The molecule has 0 bridgehead atoms. The van der Waals surface area contributed by atoms with Gasteiger partial charge in [-0.3, -0.25) is 4.79 Å². The van der Waals surface area contributed by atoms with Crippen LogP contribution in [0.25, 0.3) is 0 Å². The highest BCUT2D eigenvalue weighted by Crippen LogP contribution is 2.20. The van der Waals surface area contributed by atoms with E-state index in [2.05, 4.69) is 12.2 Å². The van der Waals surface area contributed by atoms with E-state index >= 15 is 0 Å². The summed E-state index contributed by atoms with van der Waals surface area (Å²) in [4.78, 5) is 11.1. The Morgan fingerprint density at radius 2 is 2.30 bits per heavy atom. The summed E-state index contributed by atoms with van der Waals surface area (Å²) in [5, 5.41) is 3.34. The zero-order valence-corrected chi connectivity index (χ0v) is 7.20. The minimum absolute atomic E-state index is 0.174. The van der Waals surface area contributed by atoms with Crippen LogP contribution in [0.5, 0.6) is 0 Å². The third-order valence-electron chi connectivity index (χ3n) is 1.90. The molecule has 0 radical (unpaired) electrons. The van der Waals surface area contributed by atoms with Crippen LogP contribution in [0.4, 0.5) is 0 Å². The lowest BCUT2D eigenvalue weighted by Gasteiger charge is -2.12. The van der Waals surface area contributed by atoms with Crippen LogP contribution < -0.4 is 5.32 Å². The summed E-state index contributed by atoms with van der Waals surface area (Å²) in [6, 6.07) is 0. The molecular formula is C7H13NOS. The second-order valence-corrected chi connectivity index (χ2v) is 4.14. The Balaban J connectivity index is 2.55. The third-order valence-corrected chi connectivity index (χ3v) is 3.27. The normalized spacial score (nSPS) is 34.8. The van der Waals surface area contributed by atoms with Gasteiger partial charge in [0.25, 0.3) is 0 Å². The number of carbonyl (C=O) groups is 1. The molecular weight excluding hydrogens is 146 g/mol. The van der Waals surface area contributed by atoms with Gasteiger partial charge in [-0.05, 0) is 0 Å². The highest BCUT2D eigenvalue weighted by atomic mass is 32.2. The van der Waals surface area contributed by atoms with E-state index in [0.717, 1.165) is 12.3 Å². The van der Waals surface area contributed by atoms with Gasteiger partial charge in [-0.2, -0.15) is 11.8 Å². The molecule has 0 aromatic carbocycles. The molecule has 1 rings (SSSR count). The standard InChI is InChI=1S/C7H13NOS/c1-5-6(2)10-4-3-8-7(5)9/h5-6H,3-4H2,1-2H3,(H,8,9). The van der Waals surface area contributed by atoms with Gasteiger partial charge in [0.2, 0.25) is 5.91 Å². The quantitative estimate of drug-likeness (QED) is 0.568. The van der Waals surface area contributed by atoms with E-state index in [1.807, 2.05) is 18.7 Å². The second kappa shape index (κ2) is 3.28. The van der Waals surface area contributed by atoms with Crippen LogP contribution in [-0.4, -0.2) is 23.5 Å². The van der Waals surface area contributed by atoms with Crippen molar-refractivity contribution in [3.05, 3.63) is 0 Å². The van der Waals surface area contributed by atoms with Gasteiger partial charge in [-0.15, -0.1) is 0 Å². The number of carbonyl (C=O) groups excluding carboxylic acids is 1. The van der Waals surface area contributed by atoms with E-state index in [1.165, 1.54) is 0 Å². The Labute approximate surface area is 65.8 Å². The molecule has 1 aliphatic rings. The lowest BCUT2D eigenvalue weighted by molar-refractivity contribution is -0.124. The molecule has 0 aliphatic carbocycles. The van der Waals surface area contributed by atoms with Crippen molar-refractivity contribution in [1.82, 2.24) is 5.32 Å². The molecule has 1 amide bonds. The predicted molar refractivity (Wildman–Crippen MR) is 44.1 cm³/mol. The fraction of sp³-hybridized carbons (Fsp3) is 0.857. The van der Waals surface area contributed by atoms with Crippen molar-refractivity contribution in [2.75, 3.05) is 12.3 Å². The van der Waals surface area contributed by atoms with E-state index in [-0.39, 0.29) is 11.8 Å². The first-order valence-electron chi connectivity index (χ1n) is 3.61. The first-order valence-corrected chi connectivity index (χ1v) is 4.66. The fourth-order valence-corrected chi connectivity index (χ4v) is 1.94. The summed E-state index contributed by atoms with van der Waals surface area (Å²) in [6.45, 7) is 4.93. The molecule has 1 heterocycles. The lowest BCUT2D eigenvalue weighted by atomic mass is 10.1. The summed E-state index contributed by atoms with van der Waals surface area (Å²) < 4.78 is 0. The van der Waals surface area contributed by atoms with Gasteiger partial charge in [-0.1, -0.05) is 13.8 Å². The maximum Gasteiger partial charge on any atom is 0.223 e. The molecule has 2 nitrogen and oxygen atoms in total. The number of rotatable bonds is 0. The van der Waals surface area contributed by atoms with Crippen LogP contribution in [0.3, 0.4) is 0 Å². The Hall–Kier alpha value is -0.180. The Kier molecular flexibility index (Phi) is 2.60. The number of hydrogen-bond donors (Lipinski definition) is 1. The van der Waals surface area contributed by atoms with Crippen molar-refractivity contribution in [2.45, 2.75) is 19.1 Å². The van der Waals surface area contributed by atoms with E-state index in [4.69, 9.17) is 0 Å². The van der Waals surface area contributed by atoms with Crippen molar-refractivity contribution < 1.29 is 4.79 Å². The maximum atomic E-state index is 11.1. The highest BCUT2D eigenvalue weighted by molar-refractivity contribution is 7.99. The van der Waals surface area contributed by atoms with Crippen LogP contribution in [0, 0.1) is 5.92 Å². The summed E-state index contributed by atoms with van der Waals surface area (Å²) in [5.74, 6) is 1.43. The highest BCUT2D eigenvalue weighted by Gasteiger charge is 2.22. The molecule has 1 fully saturated rings. The van der Waals surface area contributed by atoms with Gasteiger partial charge in [0.15, 0.2) is 0 Å². The number of nitrogens with one attached hydrogen (secondary N) is 1. The molecule has 3 heteroatoms. The Bertz CT molecular complexity index is 138. The van der Waals surface area contributed by atoms with Gasteiger partial charge >= 0.3 is 0 Å². The largest absolute Gasteiger partial charge is 0.355 e. The molecule has 2 atom stereocenters. The molecule has 0 spiro atoms. The van der Waals surface area contributed by atoms with Gasteiger partial charge in [0.1, 0.15) is 0 Å². The van der Waals surface area contributed by atoms with Crippen molar-refractivity contribution in [2.24, 2.45) is 5.92 Å². The molecule has 1 N–H and O–H groups in total. The molecule has 0 saturated carbocycles. The minimum Gasteiger partial charge on any atom is -0.355 e. The molecule has 0 aromatic rings. The van der Waals surface area contributed by atoms with Crippen LogP contribution in [0.15, 0.2) is 0 Å². The number of hydrogen-bond acceptors (Lipinski definition) is 2. The smallest absolute Gasteiger partial charge is 0.223 e. The predicted octanol–water partition coefficient (Wildman–Crippen LogP) is 0.874. The average Bonchev–Trinajstić information content (AvgIpc) is 2.04. The van der Waals surface area contributed by atoms with Crippen molar-refractivity contribution >= 4 is 17.7 Å². The minimum atomic E-state index is 0.174. The summed E-state index contributed by atoms with van der Waals surface area (Å²) >= 11 is 1.87. The Morgan fingerprint density at radius 1 is 1.60 bits per heavy atom. The molecule has 1 aliphatic heterocycles. The van der Waals surface area contributed by atoms with Crippen molar-refractivity contribution in [3.8, 4) is 0 Å². The zero-order valence-electron chi connectivity index (χ0n) is 6.39. The molecule has 58 valence electrons. The fourth-order valence-electron chi connectivity index (χ4n) is 0.938. The Morgan fingerprint density at radius 3 is 3.00 bits per heavy atom. The van der Waals surface area contributed by atoms with Gasteiger partial charge in [-0.25, -0.2) is 0 Å². The maximum absolute atomic E-state index is 11.1. The van der Waals surface area contributed by atoms with Crippen LogP contribution >= 0.6 is 11.8 Å². The van der Waals surface area contributed by atoms with Crippen molar-refractivity contribution in [1.29, 1.82) is 0 Å². The van der Waals surface area contributed by atoms with Gasteiger partial charge in [0.05, 0.1) is 0 Å². The van der Waals surface area contributed by atoms with E-state index in [0.29, 0.717) is 5.25 Å². The summed E-state index contributed by atoms with van der Waals surface area (Å²) in [7, 11) is 0. The lowest BCUT2D eigenvalue weighted by Crippen LogP contribution is -2.31. The van der Waals surface area contributed by atoms with E-state index < -0.39 is 0 Å². The van der Waals surface area contributed by atoms with Gasteiger partial charge < -0.3 is 5.32 Å². The molecule has 10 heavy (non-hydrogen) atoms. The topological polar surface area (TPSA) is 29.1 Å². The summed E-state index contributed by atoms with van der Waals surface area (Å²) in [5.41, 5.74) is 0. The summed E-state index contributed by atoms with van der Waals surface area (Å²) in [6.07, 6.45) is 0. The average molecular weight is 159 g/mol. The van der Waals surface area contributed by atoms with E-state index in [9.17, 15) is 4.79 Å². The van der Waals surface area contributed by atoms with Crippen LogP contribution in [0.2, 0.25) is 0 Å². The van der Waals surface area contributed by atoms with Gasteiger partial charge in [0, 0.05) is 23.5 Å². The van der Waals surface area contributed by atoms with Crippen LogP contribution in [-0.2, 0) is 4.79 Å². The number of amides is 1. The van der Waals surface area contributed by atoms with Crippen molar-refractivity contribution in [3.63, 3.8) is 0 Å².